The fourth-order valence-corrected chi connectivity index (χ4v) is 2.55. The molecular weight excluding hydrogens is 266 g/mol. The van der Waals surface area contributed by atoms with Crippen molar-refractivity contribution in [1.29, 1.82) is 0 Å². The zero-order valence-electron chi connectivity index (χ0n) is 11.6. The third-order valence-corrected chi connectivity index (χ3v) is 3.53. The average Bonchev–Trinajstić information content (AvgIpc) is 2.93. The van der Waals surface area contributed by atoms with Gasteiger partial charge >= 0.3 is 0 Å². The highest BCUT2D eigenvalue weighted by Crippen LogP contribution is 2.31. The molecule has 2 N–H and O–H groups in total. The Balaban J connectivity index is 1.89. The van der Waals surface area contributed by atoms with Gasteiger partial charge in [-0.1, -0.05) is 18.2 Å². The fraction of sp³-hybridized carbons (Fsp3) is 0.250. The van der Waals surface area contributed by atoms with Gasteiger partial charge in [-0.2, -0.15) is 5.10 Å². The van der Waals surface area contributed by atoms with E-state index in [-0.39, 0.29) is 18.4 Å². The van der Waals surface area contributed by atoms with Crippen LogP contribution in [0.2, 0.25) is 0 Å². The number of nitrogens with zero attached hydrogens (tertiary/aromatic N) is 3. The number of hydrogen-bond acceptors (Lipinski definition) is 5. The second kappa shape index (κ2) is 5.93. The Morgan fingerprint density at radius 3 is 2.81 bits per heavy atom. The molecule has 5 nitrogen and oxygen atoms in total. The predicted octanol–water partition coefficient (Wildman–Crippen LogP) is 1.93. The number of phenols is 1. The Labute approximate surface area is 123 Å². The Bertz CT molecular complexity index is 643. The largest absolute Gasteiger partial charge is 0.508 e. The van der Waals surface area contributed by atoms with E-state index in [4.69, 9.17) is 0 Å². The maximum Gasteiger partial charge on any atom is 0.116 e. The number of phenolic OH excluding ortho intramolecular Hbond substituents is 1. The van der Waals surface area contributed by atoms with Gasteiger partial charge in [-0.15, -0.1) is 0 Å². The minimum absolute atomic E-state index is 0.0238. The summed E-state index contributed by atoms with van der Waals surface area (Å²) in [5.74, 6) is 0.227. The smallest absolute Gasteiger partial charge is 0.116 e. The normalized spacial score (nSPS) is 17.9. The van der Waals surface area contributed by atoms with E-state index in [0.29, 0.717) is 13.0 Å². The third kappa shape index (κ3) is 2.87. The zero-order valence-corrected chi connectivity index (χ0v) is 11.6. The monoisotopic (exact) mass is 283 g/mol. The van der Waals surface area contributed by atoms with Crippen molar-refractivity contribution in [2.24, 2.45) is 5.10 Å². The van der Waals surface area contributed by atoms with Gasteiger partial charge in [0.05, 0.1) is 30.6 Å². The molecule has 1 aromatic heterocycles. The van der Waals surface area contributed by atoms with Gasteiger partial charge < -0.3 is 10.2 Å². The van der Waals surface area contributed by atoms with Crippen LogP contribution in [-0.4, -0.2) is 39.1 Å². The molecule has 1 aromatic carbocycles. The summed E-state index contributed by atoms with van der Waals surface area (Å²) in [6.45, 7) is 0.504. The van der Waals surface area contributed by atoms with Gasteiger partial charge in [0.2, 0.25) is 0 Å². The number of hydrazone groups is 1. The van der Waals surface area contributed by atoms with Crippen LogP contribution < -0.4 is 0 Å². The van der Waals surface area contributed by atoms with Crippen molar-refractivity contribution in [3.63, 3.8) is 0 Å². The molecular formula is C16H17N3O2. The summed E-state index contributed by atoms with van der Waals surface area (Å²) in [4.78, 5) is 4.39. The number of aliphatic hydroxyl groups excluding tert-OH is 1. The van der Waals surface area contributed by atoms with Crippen LogP contribution >= 0.6 is 0 Å². The lowest BCUT2D eigenvalue weighted by Crippen LogP contribution is -2.23. The zero-order chi connectivity index (χ0) is 14.7. The number of pyridine rings is 1. The molecule has 2 aromatic rings. The molecule has 5 heteroatoms. The lowest BCUT2D eigenvalue weighted by Gasteiger charge is -2.21. The van der Waals surface area contributed by atoms with E-state index in [2.05, 4.69) is 10.1 Å². The quantitative estimate of drug-likeness (QED) is 0.899. The fourth-order valence-electron chi connectivity index (χ4n) is 2.55. The summed E-state index contributed by atoms with van der Waals surface area (Å²) < 4.78 is 0. The maximum absolute atomic E-state index is 9.60. The predicted molar refractivity (Wildman–Crippen MR) is 80.0 cm³/mol. The van der Waals surface area contributed by atoms with Gasteiger partial charge in [-0.25, -0.2) is 0 Å². The summed E-state index contributed by atoms with van der Waals surface area (Å²) in [5, 5.41) is 25.3. The number of aliphatic hydroxyl groups is 1. The van der Waals surface area contributed by atoms with Crippen LogP contribution in [-0.2, 0) is 0 Å². The van der Waals surface area contributed by atoms with Crippen LogP contribution in [0.4, 0.5) is 0 Å². The van der Waals surface area contributed by atoms with Gasteiger partial charge in [0.25, 0.3) is 0 Å². The standard InChI is InChI=1S/C16H17N3O2/c20-9-8-19-16(14-6-1-2-7-17-14)11-15(18-19)12-4-3-5-13(21)10-12/h1-7,10,16,20-21H,8-9,11H2. The summed E-state index contributed by atoms with van der Waals surface area (Å²) in [7, 11) is 0. The van der Waals surface area contributed by atoms with E-state index >= 15 is 0 Å². The molecule has 1 aliphatic heterocycles. The van der Waals surface area contributed by atoms with E-state index in [1.54, 1.807) is 24.4 Å². The highest BCUT2D eigenvalue weighted by Gasteiger charge is 2.29. The van der Waals surface area contributed by atoms with Gasteiger partial charge in [-0.05, 0) is 24.3 Å². The van der Waals surface area contributed by atoms with Crippen LogP contribution in [0.3, 0.4) is 0 Å². The topological polar surface area (TPSA) is 69.0 Å². The Hall–Kier alpha value is -2.40. The molecule has 0 amide bonds. The summed E-state index contributed by atoms with van der Waals surface area (Å²) in [6.07, 6.45) is 2.47. The van der Waals surface area contributed by atoms with E-state index in [0.717, 1.165) is 17.0 Å². The second-order valence-corrected chi connectivity index (χ2v) is 4.96. The van der Waals surface area contributed by atoms with Crippen molar-refractivity contribution < 1.29 is 10.2 Å². The molecule has 3 rings (SSSR count). The van der Waals surface area contributed by atoms with Crippen molar-refractivity contribution in [2.45, 2.75) is 12.5 Å². The first-order valence-corrected chi connectivity index (χ1v) is 6.93. The van der Waals surface area contributed by atoms with Gasteiger partial charge in [0.1, 0.15) is 5.75 Å². The minimum atomic E-state index is 0.0238. The van der Waals surface area contributed by atoms with E-state index in [1.807, 2.05) is 29.3 Å². The summed E-state index contributed by atoms with van der Waals surface area (Å²) >= 11 is 0. The number of benzene rings is 1. The molecule has 0 saturated carbocycles. The molecule has 1 atom stereocenters. The minimum Gasteiger partial charge on any atom is -0.508 e. The molecule has 0 fully saturated rings. The first-order valence-electron chi connectivity index (χ1n) is 6.93. The molecule has 21 heavy (non-hydrogen) atoms. The molecule has 1 unspecified atom stereocenters. The molecule has 0 bridgehead atoms. The summed E-state index contributed by atoms with van der Waals surface area (Å²) in [5.41, 5.74) is 2.73. The number of hydrogen-bond donors (Lipinski definition) is 2. The van der Waals surface area contributed by atoms with Crippen molar-refractivity contribution in [1.82, 2.24) is 9.99 Å². The first kappa shape index (κ1) is 13.6. The van der Waals surface area contributed by atoms with Crippen LogP contribution in [0.1, 0.15) is 23.7 Å². The van der Waals surface area contributed by atoms with Gasteiger partial charge in [0.15, 0.2) is 0 Å². The van der Waals surface area contributed by atoms with Crippen LogP contribution in [0.5, 0.6) is 5.75 Å². The third-order valence-electron chi connectivity index (χ3n) is 3.53. The molecule has 0 spiro atoms. The van der Waals surface area contributed by atoms with Crippen molar-refractivity contribution >= 4 is 5.71 Å². The highest BCUT2D eigenvalue weighted by atomic mass is 16.3. The molecule has 0 aliphatic carbocycles. The number of aromatic nitrogens is 1. The van der Waals surface area contributed by atoms with E-state index < -0.39 is 0 Å². The second-order valence-electron chi connectivity index (χ2n) is 4.96. The Morgan fingerprint density at radius 2 is 2.10 bits per heavy atom. The SMILES string of the molecule is OCCN1N=C(c2cccc(O)c2)CC1c1ccccn1. The molecule has 0 radical (unpaired) electrons. The van der Waals surface area contributed by atoms with Crippen LogP contribution in [0.25, 0.3) is 0 Å². The molecule has 0 saturated heterocycles. The number of aromatic hydroxyl groups is 1. The lowest BCUT2D eigenvalue weighted by molar-refractivity contribution is 0.170. The van der Waals surface area contributed by atoms with Gasteiger partial charge in [-0.3, -0.25) is 9.99 Å². The Kier molecular flexibility index (Phi) is 3.83. The van der Waals surface area contributed by atoms with Crippen molar-refractivity contribution in [3.8, 4) is 5.75 Å². The molecule has 1 aliphatic rings. The van der Waals surface area contributed by atoms with Crippen LogP contribution in [0, 0.1) is 0 Å². The molecule has 108 valence electrons. The van der Waals surface area contributed by atoms with E-state index in [9.17, 15) is 10.2 Å². The average molecular weight is 283 g/mol. The molecule has 2 heterocycles. The summed E-state index contributed by atoms with van der Waals surface area (Å²) in [6, 6.07) is 12.9. The first-order chi connectivity index (χ1) is 10.3. The van der Waals surface area contributed by atoms with Crippen LogP contribution in [0.15, 0.2) is 53.8 Å². The Morgan fingerprint density at radius 1 is 1.19 bits per heavy atom. The van der Waals surface area contributed by atoms with Crippen molar-refractivity contribution in [3.05, 3.63) is 59.9 Å². The van der Waals surface area contributed by atoms with E-state index in [1.165, 1.54) is 0 Å². The number of rotatable bonds is 4. The lowest BCUT2D eigenvalue weighted by atomic mass is 10.0. The number of β-amino-alcohol motifs (C(OH)–C–C–N with tert-alkyl or cyclic N) is 1. The maximum atomic E-state index is 9.60. The van der Waals surface area contributed by atoms with Gasteiger partial charge in [0, 0.05) is 18.2 Å². The highest BCUT2D eigenvalue weighted by molar-refractivity contribution is 6.02. The van der Waals surface area contributed by atoms with Crippen molar-refractivity contribution in [2.75, 3.05) is 13.2 Å².